The number of thioether (sulfide) groups is 1. The molecule has 1 saturated heterocycles. The van der Waals surface area contributed by atoms with Crippen molar-refractivity contribution in [3.63, 3.8) is 0 Å². The van der Waals surface area contributed by atoms with Crippen LogP contribution in [0.2, 0.25) is 0 Å². The molecule has 7 nitrogen and oxygen atoms in total. The van der Waals surface area contributed by atoms with E-state index in [1.807, 2.05) is 0 Å². The minimum absolute atomic E-state index is 0.0288. The quantitative estimate of drug-likeness (QED) is 0.659. The summed E-state index contributed by atoms with van der Waals surface area (Å²) in [4.78, 5) is 21.5. The zero-order valence-corrected chi connectivity index (χ0v) is 12.1. The Balaban J connectivity index is 1.86. The lowest BCUT2D eigenvalue weighted by molar-refractivity contribution is -0.384. The highest BCUT2D eigenvalue weighted by molar-refractivity contribution is 7.99. The number of carbonyl (C=O) groups is 1. The molecule has 0 amide bonds. The van der Waals surface area contributed by atoms with Gasteiger partial charge in [-0.3, -0.25) is 20.2 Å². The summed E-state index contributed by atoms with van der Waals surface area (Å²) >= 11 is 1.43. The predicted molar refractivity (Wildman–Crippen MR) is 80.6 cm³/mol. The molecular weight excluding hydrogens is 308 g/mol. The lowest BCUT2D eigenvalue weighted by atomic mass is 10.1. The van der Waals surface area contributed by atoms with Crippen LogP contribution in [0.5, 0.6) is 0 Å². The van der Waals surface area contributed by atoms with Crippen LogP contribution in [0.1, 0.15) is 11.1 Å². The van der Waals surface area contributed by atoms with Gasteiger partial charge in [-0.25, -0.2) is 0 Å². The number of carboxylic acids is 1. The number of furan rings is 1. The first-order chi connectivity index (χ1) is 10.6. The van der Waals surface area contributed by atoms with Gasteiger partial charge in [0, 0.05) is 11.8 Å². The number of nitro groups is 1. The molecule has 3 rings (SSSR count). The molecule has 1 aromatic heterocycles. The number of aliphatic carboxylic acids is 1. The van der Waals surface area contributed by atoms with Gasteiger partial charge in [0.25, 0.3) is 5.69 Å². The topological polar surface area (TPSA) is 106 Å². The third-order valence-electron chi connectivity index (χ3n) is 3.33. The van der Waals surface area contributed by atoms with Crippen LogP contribution in [0, 0.1) is 10.1 Å². The van der Waals surface area contributed by atoms with Crippen molar-refractivity contribution in [2.75, 3.05) is 5.75 Å². The molecule has 1 aliphatic heterocycles. The van der Waals surface area contributed by atoms with E-state index in [9.17, 15) is 14.9 Å². The smallest absolute Gasteiger partial charge is 0.321 e. The summed E-state index contributed by atoms with van der Waals surface area (Å²) in [6, 6.07) is 9.09. The lowest BCUT2D eigenvalue weighted by Gasteiger charge is -2.07. The van der Waals surface area contributed by atoms with E-state index in [0.29, 0.717) is 22.8 Å². The number of benzene rings is 1. The Morgan fingerprint density at radius 2 is 2.14 bits per heavy atom. The Morgan fingerprint density at radius 1 is 1.36 bits per heavy atom. The largest absolute Gasteiger partial charge is 0.480 e. The average Bonchev–Trinajstić information content (AvgIpc) is 3.16. The first-order valence-corrected chi connectivity index (χ1v) is 7.55. The first-order valence-electron chi connectivity index (χ1n) is 6.50. The van der Waals surface area contributed by atoms with Gasteiger partial charge >= 0.3 is 5.97 Å². The summed E-state index contributed by atoms with van der Waals surface area (Å²) in [5.41, 5.74) is 0.371. The van der Waals surface area contributed by atoms with Gasteiger partial charge in [-0.15, -0.1) is 11.8 Å². The first kappa shape index (κ1) is 14.6. The summed E-state index contributed by atoms with van der Waals surface area (Å²) in [6.45, 7) is 0. The summed E-state index contributed by atoms with van der Waals surface area (Å²) < 4.78 is 5.69. The van der Waals surface area contributed by atoms with Crippen molar-refractivity contribution >= 4 is 23.4 Å². The van der Waals surface area contributed by atoms with Crippen LogP contribution in [0.3, 0.4) is 0 Å². The van der Waals surface area contributed by atoms with Crippen molar-refractivity contribution < 1.29 is 19.2 Å². The van der Waals surface area contributed by atoms with Crippen LogP contribution in [0.15, 0.2) is 40.8 Å². The van der Waals surface area contributed by atoms with Crippen molar-refractivity contribution in [1.29, 1.82) is 0 Å². The molecule has 2 N–H and O–H groups in total. The molecule has 0 aliphatic carbocycles. The van der Waals surface area contributed by atoms with Crippen LogP contribution in [-0.4, -0.2) is 27.8 Å². The number of hydrogen-bond donors (Lipinski definition) is 2. The Labute approximate surface area is 129 Å². The van der Waals surface area contributed by atoms with Crippen molar-refractivity contribution in [2.24, 2.45) is 0 Å². The van der Waals surface area contributed by atoms with Crippen molar-refractivity contribution in [2.45, 2.75) is 11.4 Å². The fourth-order valence-electron chi connectivity index (χ4n) is 2.26. The summed E-state index contributed by atoms with van der Waals surface area (Å²) in [5.74, 6) is 0.493. The normalized spacial score (nSPS) is 20.9. The average molecular weight is 320 g/mol. The molecule has 0 saturated carbocycles. The fourth-order valence-corrected chi connectivity index (χ4v) is 3.43. The summed E-state index contributed by atoms with van der Waals surface area (Å²) in [5, 5.41) is 22.7. The summed E-state index contributed by atoms with van der Waals surface area (Å²) in [6.07, 6.45) is 0. The van der Waals surface area contributed by atoms with Gasteiger partial charge in [-0.1, -0.05) is 12.1 Å². The lowest BCUT2D eigenvalue weighted by Crippen LogP contribution is -2.33. The molecule has 2 atom stereocenters. The number of hydrogen-bond acceptors (Lipinski definition) is 6. The van der Waals surface area contributed by atoms with E-state index in [1.54, 1.807) is 30.3 Å². The second-order valence-corrected chi connectivity index (χ2v) is 5.89. The van der Waals surface area contributed by atoms with Gasteiger partial charge in [-0.05, 0) is 18.2 Å². The van der Waals surface area contributed by atoms with E-state index in [-0.39, 0.29) is 11.1 Å². The minimum Gasteiger partial charge on any atom is -0.480 e. The van der Waals surface area contributed by atoms with E-state index in [2.05, 4.69) is 5.32 Å². The molecular formula is C14H12N2O5S. The number of nitrogens with zero attached hydrogens (tertiary/aromatic N) is 1. The van der Waals surface area contributed by atoms with E-state index < -0.39 is 16.9 Å². The van der Waals surface area contributed by atoms with Gasteiger partial charge in [0.1, 0.15) is 22.9 Å². The number of nitrogens with one attached hydrogen (secondary N) is 1. The van der Waals surface area contributed by atoms with E-state index in [0.717, 1.165) is 0 Å². The second-order valence-electron chi connectivity index (χ2n) is 4.75. The van der Waals surface area contributed by atoms with Gasteiger partial charge < -0.3 is 9.52 Å². The minimum atomic E-state index is -0.902. The molecule has 0 radical (unpaired) electrons. The van der Waals surface area contributed by atoms with Gasteiger partial charge in [0.2, 0.25) is 0 Å². The number of carboxylic acid groups (broad SMARTS) is 1. The molecule has 1 aliphatic rings. The highest BCUT2D eigenvalue weighted by Gasteiger charge is 2.32. The molecule has 2 aromatic rings. The number of para-hydroxylation sites is 1. The molecule has 114 valence electrons. The Hall–Kier alpha value is -2.32. The van der Waals surface area contributed by atoms with Crippen LogP contribution in [0.25, 0.3) is 11.3 Å². The maximum Gasteiger partial charge on any atom is 0.321 e. The number of rotatable bonds is 4. The molecule has 0 unspecified atom stereocenters. The second kappa shape index (κ2) is 5.82. The molecule has 0 spiro atoms. The standard InChI is InChI=1S/C14H12N2O5S/c17-14(18)9-7-22-13(15-9)12-6-5-11(21-12)8-3-1-2-4-10(8)16(19)20/h1-6,9,13,15H,7H2,(H,17,18)/t9-,13-/m0/s1. The Kier molecular flexibility index (Phi) is 3.86. The zero-order chi connectivity index (χ0) is 15.7. The van der Waals surface area contributed by atoms with Crippen LogP contribution in [0.4, 0.5) is 5.69 Å². The van der Waals surface area contributed by atoms with Crippen LogP contribution < -0.4 is 5.32 Å². The molecule has 8 heteroatoms. The maximum absolute atomic E-state index is 11.1. The van der Waals surface area contributed by atoms with Gasteiger partial charge in [-0.2, -0.15) is 0 Å². The van der Waals surface area contributed by atoms with E-state index >= 15 is 0 Å². The summed E-state index contributed by atoms with van der Waals surface area (Å²) in [7, 11) is 0. The Bertz CT molecular complexity index is 730. The highest BCUT2D eigenvalue weighted by atomic mass is 32.2. The molecule has 2 heterocycles. The molecule has 1 fully saturated rings. The number of nitro benzene ring substituents is 1. The van der Waals surface area contributed by atoms with Crippen molar-refractivity contribution in [1.82, 2.24) is 5.32 Å². The van der Waals surface area contributed by atoms with Crippen LogP contribution in [-0.2, 0) is 4.79 Å². The third-order valence-corrected chi connectivity index (χ3v) is 4.56. The van der Waals surface area contributed by atoms with Gasteiger partial charge in [0.15, 0.2) is 0 Å². The van der Waals surface area contributed by atoms with E-state index in [4.69, 9.17) is 9.52 Å². The zero-order valence-electron chi connectivity index (χ0n) is 11.3. The monoisotopic (exact) mass is 320 g/mol. The predicted octanol–water partition coefficient (Wildman–Crippen LogP) is 2.64. The Morgan fingerprint density at radius 3 is 2.82 bits per heavy atom. The SMILES string of the molecule is O=C(O)[C@@H]1CS[C@@H](c2ccc(-c3ccccc3[N+](=O)[O-])o2)N1. The van der Waals surface area contributed by atoms with Gasteiger partial charge in [0.05, 0.1) is 10.5 Å². The molecule has 22 heavy (non-hydrogen) atoms. The molecule has 0 bridgehead atoms. The van der Waals surface area contributed by atoms with Crippen molar-refractivity contribution in [3.8, 4) is 11.3 Å². The maximum atomic E-state index is 11.1. The third kappa shape index (κ3) is 2.70. The fraction of sp³-hybridized carbons (Fsp3) is 0.214. The highest BCUT2D eigenvalue weighted by Crippen LogP contribution is 2.37. The van der Waals surface area contributed by atoms with E-state index in [1.165, 1.54) is 17.8 Å². The molecule has 1 aromatic carbocycles. The van der Waals surface area contributed by atoms with Crippen molar-refractivity contribution in [3.05, 3.63) is 52.3 Å². The van der Waals surface area contributed by atoms with Crippen LogP contribution >= 0.6 is 11.8 Å².